The van der Waals surface area contributed by atoms with Gasteiger partial charge in [-0.1, -0.05) is 23.7 Å². The third-order valence-electron chi connectivity index (χ3n) is 3.66. The van der Waals surface area contributed by atoms with Crippen molar-refractivity contribution in [3.63, 3.8) is 0 Å². The Balaban J connectivity index is 1.93. The van der Waals surface area contributed by atoms with Gasteiger partial charge in [0.25, 0.3) is 0 Å². The molecular weight excluding hydrogens is 274 g/mol. The van der Waals surface area contributed by atoms with Crippen LogP contribution in [0.4, 0.5) is 10.5 Å². The van der Waals surface area contributed by atoms with E-state index in [0.717, 1.165) is 19.6 Å². The van der Waals surface area contributed by atoms with Crippen LogP contribution in [0.5, 0.6) is 0 Å². The number of carbonyl (C=O) groups is 1. The van der Waals surface area contributed by atoms with E-state index >= 15 is 0 Å². The first-order valence-corrected chi connectivity index (χ1v) is 7.59. The van der Waals surface area contributed by atoms with Crippen LogP contribution in [0.25, 0.3) is 0 Å². The second-order valence-electron chi connectivity index (χ2n) is 5.16. The second-order valence-corrected chi connectivity index (χ2v) is 5.57. The van der Waals surface area contributed by atoms with Gasteiger partial charge in [-0.2, -0.15) is 0 Å². The number of nitrogens with one attached hydrogen (secondary N) is 2. The zero-order chi connectivity index (χ0) is 14.4. The zero-order valence-corrected chi connectivity index (χ0v) is 12.6. The van der Waals surface area contributed by atoms with Gasteiger partial charge in [-0.15, -0.1) is 0 Å². The molecule has 1 saturated heterocycles. The van der Waals surface area contributed by atoms with E-state index < -0.39 is 0 Å². The summed E-state index contributed by atoms with van der Waals surface area (Å²) in [6, 6.07) is 7.23. The first-order chi connectivity index (χ1) is 9.70. The van der Waals surface area contributed by atoms with E-state index in [1.807, 2.05) is 30.0 Å². The maximum atomic E-state index is 12.3. The third kappa shape index (κ3) is 4.12. The van der Waals surface area contributed by atoms with Crippen molar-refractivity contribution in [2.75, 3.05) is 31.5 Å². The maximum Gasteiger partial charge on any atom is 0.321 e. The molecule has 1 aliphatic heterocycles. The van der Waals surface area contributed by atoms with Crippen LogP contribution in [-0.2, 0) is 0 Å². The van der Waals surface area contributed by atoms with Gasteiger partial charge in [0, 0.05) is 13.1 Å². The average Bonchev–Trinajstić information content (AvgIpc) is 2.48. The van der Waals surface area contributed by atoms with Gasteiger partial charge in [0.1, 0.15) is 0 Å². The summed E-state index contributed by atoms with van der Waals surface area (Å²) in [6.07, 6.45) is 2.37. The Morgan fingerprint density at radius 2 is 2.30 bits per heavy atom. The number of piperidine rings is 1. The van der Waals surface area contributed by atoms with Crippen LogP contribution in [0.15, 0.2) is 24.3 Å². The molecule has 0 aliphatic carbocycles. The molecule has 4 nitrogen and oxygen atoms in total. The standard InChI is InChI=1S/C15H22ClN3O/c1-2-19(11-12-6-5-9-17-10-12)15(20)18-14-8-4-3-7-13(14)16/h3-4,7-8,12,17H,2,5-6,9-11H2,1H3,(H,18,20). The minimum atomic E-state index is -0.0776. The Kier molecular flexibility index (Phi) is 5.68. The van der Waals surface area contributed by atoms with E-state index in [1.54, 1.807) is 6.07 Å². The van der Waals surface area contributed by atoms with E-state index in [1.165, 1.54) is 12.8 Å². The summed E-state index contributed by atoms with van der Waals surface area (Å²) >= 11 is 6.06. The number of hydrogen-bond acceptors (Lipinski definition) is 2. The number of benzene rings is 1. The highest BCUT2D eigenvalue weighted by atomic mass is 35.5. The number of amides is 2. The van der Waals surface area contributed by atoms with Crippen molar-refractivity contribution >= 4 is 23.3 Å². The summed E-state index contributed by atoms with van der Waals surface area (Å²) in [6.45, 7) is 5.58. The van der Waals surface area contributed by atoms with Gasteiger partial charge in [-0.05, 0) is 50.9 Å². The topological polar surface area (TPSA) is 44.4 Å². The molecule has 1 aromatic carbocycles. The normalized spacial score (nSPS) is 18.6. The van der Waals surface area contributed by atoms with Gasteiger partial charge in [0.05, 0.1) is 10.7 Å². The number of rotatable bonds is 4. The third-order valence-corrected chi connectivity index (χ3v) is 3.99. The predicted octanol–water partition coefficient (Wildman–Crippen LogP) is 3.19. The smallest absolute Gasteiger partial charge is 0.321 e. The summed E-state index contributed by atoms with van der Waals surface area (Å²) in [7, 11) is 0. The van der Waals surface area contributed by atoms with Crippen molar-refractivity contribution in [1.82, 2.24) is 10.2 Å². The van der Waals surface area contributed by atoms with Crippen LogP contribution in [-0.4, -0.2) is 37.1 Å². The average molecular weight is 296 g/mol. The number of nitrogens with zero attached hydrogens (tertiary/aromatic N) is 1. The fourth-order valence-corrected chi connectivity index (χ4v) is 2.69. The van der Waals surface area contributed by atoms with Crippen molar-refractivity contribution in [3.8, 4) is 0 Å². The molecule has 0 saturated carbocycles. The molecule has 0 aromatic heterocycles. The molecule has 1 fully saturated rings. The highest BCUT2D eigenvalue weighted by Gasteiger charge is 2.20. The molecule has 110 valence electrons. The zero-order valence-electron chi connectivity index (χ0n) is 11.9. The van der Waals surface area contributed by atoms with E-state index in [9.17, 15) is 4.79 Å². The molecule has 2 N–H and O–H groups in total. The first kappa shape index (κ1) is 15.1. The molecule has 2 amide bonds. The van der Waals surface area contributed by atoms with Gasteiger partial charge < -0.3 is 15.5 Å². The Morgan fingerprint density at radius 3 is 2.95 bits per heavy atom. The molecular formula is C15H22ClN3O. The van der Waals surface area contributed by atoms with Crippen molar-refractivity contribution in [3.05, 3.63) is 29.3 Å². The summed E-state index contributed by atoms with van der Waals surface area (Å²) in [4.78, 5) is 14.2. The molecule has 1 unspecified atom stereocenters. The maximum absolute atomic E-state index is 12.3. The Hall–Kier alpha value is -1.26. The van der Waals surface area contributed by atoms with Crippen molar-refractivity contribution in [2.45, 2.75) is 19.8 Å². The summed E-state index contributed by atoms with van der Waals surface area (Å²) in [5.41, 5.74) is 0.666. The summed E-state index contributed by atoms with van der Waals surface area (Å²) < 4.78 is 0. The summed E-state index contributed by atoms with van der Waals surface area (Å²) in [5.74, 6) is 0.542. The Morgan fingerprint density at radius 1 is 1.50 bits per heavy atom. The lowest BCUT2D eigenvalue weighted by Crippen LogP contribution is -2.42. The van der Waals surface area contributed by atoms with Crippen LogP contribution in [0, 0.1) is 5.92 Å². The molecule has 1 heterocycles. The molecule has 0 radical (unpaired) electrons. The van der Waals surface area contributed by atoms with Crippen LogP contribution in [0.3, 0.4) is 0 Å². The summed E-state index contributed by atoms with van der Waals surface area (Å²) in [5, 5.41) is 6.83. The van der Waals surface area contributed by atoms with Gasteiger partial charge in [0.15, 0.2) is 0 Å². The lowest BCUT2D eigenvalue weighted by molar-refractivity contribution is 0.197. The quantitative estimate of drug-likeness (QED) is 0.896. The number of anilines is 1. The van der Waals surface area contributed by atoms with E-state index in [2.05, 4.69) is 10.6 Å². The molecule has 2 rings (SSSR count). The Bertz CT molecular complexity index is 446. The molecule has 20 heavy (non-hydrogen) atoms. The minimum absolute atomic E-state index is 0.0776. The predicted molar refractivity (Wildman–Crippen MR) is 83.3 cm³/mol. The molecule has 0 bridgehead atoms. The van der Waals surface area contributed by atoms with Gasteiger partial charge >= 0.3 is 6.03 Å². The molecule has 0 spiro atoms. The van der Waals surface area contributed by atoms with Crippen molar-refractivity contribution in [1.29, 1.82) is 0 Å². The molecule has 5 heteroatoms. The fourth-order valence-electron chi connectivity index (χ4n) is 2.50. The molecule has 1 aromatic rings. The van der Waals surface area contributed by atoms with E-state index in [-0.39, 0.29) is 6.03 Å². The van der Waals surface area contributed by atoms with Gasteiger partial charge in [-0.25, -0.2) is 4.79 Å². The van der Waals surface area contributed by atoms with Crippen molar-refractivity contribution < 1.29 is 4.79 Å². The van der Waals surface area contributed by atoms with Gasteiger partial charge in [-0.3, -0.25) is 0 Å². The number of hydrogen-bond donors (Lipinski definition) is 2. The Labute approximate surface area is 125 Å². The number of carbonyl (C=O) groups excluding carboxylic acids is 1. The SMILES string of the molecule is CCN(CC1CCCNC1)C(=O)Nc1ccccc1Cl. The highest BCUT2D eigenvalue weighted by Crippen LogP contribution is 2.21. The monoisotopic (exact) mass is 295 g/mol. The fraction of sp³-hybridized carbons (Fsp3) is 0.533. The molecule has 1 atom stereocenters. The van der Waals surface area contributed by atoms with Crippen LogP contribution >= 0.6 is 11.6 Å². The van der Waals surface area contributed by atoms with E-state index in [4.69, 9.17) is 11.6 Å². The number of para-hydroxylation sites is 1. The largest absolute Gasteiger partial charge is 0.324 e. The van der Waals surface area contributed by atoms with Crippen LogP contribution in [0.1, 0.15) is 19.8 Å². The molecule has 1 aliphatic rings. The van der Waals surface area contributed by atoms with Crippen molar-refractivity contribution in [2.24, 2.45) is 5.92 Å². The van der Waals surface area contributed by atoms with Crippen LogP contribution < -0.4 is 10.6 Å². The van der Waals surface area contributed by atoms with Crippen LogP contribution in [0.2, 0.25) is 5.02 Å². The minimum Gasteiger partial charge on any atom is -0.324 e. The van der Waals surface area contributed by atoms with Gasteiger partial charge in [0.2, 0.25) is 0 Å². The highest BCUT2D eigenvalue weighted by molar-refractivity contribution is 6.33. The number of urea groups is 1. The lowest BCUT2D eigenvalue weighted by Gasteiger charge is -2.29. The van der Waals surface area contributed by atoms with E-state index in [0.29, 0.717) is 23.2 Å². The number of halogens is 1. The second kappa shape index (κ2) is 7.50. The first-order valence-electron chi connectivity index (χ1n) is 7.22. The lowest BCUT2D eigenvalue weighted by atomic mass is 9.99.